The Morgan fingerprint density at radius 2 is 2.00 bits per heavy atom. The fourth-order valence-corrected chi connectivity index (χ4v) is 3.62. The van der Waals surface area contributed by atoms with Crippen LogP contribution in [0.15, 0.2) is 46.6 Å². The van der Waals surface area contributed by atoms with Gasteiger partial charge in [-0.05, 0) is 12.1 Å². The fourth-order valence-electron chi connectivity index (χ4n) is 2.45. The zero-order valence-corrected chi connectivity index (χ0v) is 12.5. The number of nitrogens with zero attached hydrogens (tertiary/aromatic N) is 4. The summed E-state index contributed by atoms with van der Waals surface area (Å²) < 4.78 is 14.7. The molecule has 0 bridgehead atoms. The Morgan fingerprint density at radius 1 is 1.23 bits per heavy atom. The van der Waals surface area contributed by atoms with Crippen molar-refractivity contribution in [2.24, 2.45) is 0 Å². The minimum Gasteiger partial charge on any atom is -0.605 e. The fraction of sp³-hybridized carbons (Fsp3) is 0.214. The van der Waals surface area contributed by atoms with Crippen molar-refractivity contribution in [3.05, 3.63) is 36.7 Å². The minimum absolute atomic E-state index is 0.207. The average molecular weight is 314 g/mol. The largest absolute Gasteiger partial charge is 0.605 e. The van der Waals surface area contributed by atoms with Crippen LogP contribution < -0.4 is 11.1 Å². The summed E-state index contributed by atoms with van der Waals surface area (Å²) in [5.41, 5.74) is 6.63. The number of rotatable bonds is 3. The Balaban J connectivity index is 1.90. The maximum atomic E-state index is 12.9. The zero-order valence-electron chi connectivity index (χ0n) is 11.6. The number of nitrogens with two attached hydrogens (primary N) is 1. The van der Waals surface area contributed by atoms with Crippen LogP contribution in [0.5, 0.6) is 0 Å². The highest BCUT2D eigenvalue weighted by Crippen LogP contribution is 2.31. The van der Waals surface area contributed by atoms with E-state index < -0.39 is 11.2 Å². The van der Waals surface area contributed by atoms with Crippen molar-refractivity contribution in [2.45, 2.75) is 16.0 Å². The molecule has 112 valence electrons. The molecule has 0 amide bonds. The molecule has 7 nitrogen and oxygen atoms in total. The lowest BCUT2D eigenvalue weighted by Gasteiger charge is -2.27. The third-order valence-electron chi connectivity index (χ3n) is 3.72. The van der Waals surface area contributed by atoms with Gasteiger partial charge in [0.2, 0.25) is 0 Å². The third-order valence-corrected chi connectivity index (χ3v) is 5.06. The highest BCUT2D eigenvalue weighted by molar-refractivity contribution is 7.91. The number of benzene rings is 1. The van der Waals surface area contributed by atoms with Crippen LogP contribution >= 0.6 is 0 Å². The maximum Gasteiger partial charge on any atom is 0.282 e. The van der Waals surface area contributed by atoms with Crippen LogP contribution in [0, 0.1) is 0 Å². The van der Waals surface area contributed by atoms with Gasteiger partial charge in [-0.25, -0.2) is 14.6 Å². The lowest BCUT2D eigenvalue weighted by Crippen LogP contribution is -2.43. The molecule has 1 fully saturated rings. The van der Waals surface area contributed by atoms with Gasteiger partial charge in [-0.2, -0.15) is 0 Å². The molecule has 1 aliphatic rings. The number of nitrogens with one attached hydrogen (secondary N) is 1. The Hall–Kier alpha value is -2.16. The smallest absolute Gasteiger partial charge is 0.282 e. The molecule has 4 rings (SSSR count). The average Bonchev–Trinajstić information content (AvgIpc) is 2.87. The molecule has 8 heteroatoms. The summed E-state index contributed by atoms with van der Waals surface area (Å²) in [6, 6.07) is 9.41. The second-order valence-electron chi connectivity index (χ2n) is 5.10. The Labute approximate surface area is 129 Å². The van der Waals surface area contributed by atoms with Crippen LogP contribution in [-0.2, 0) is 11.2 Å². The van der Waals surface area contributed by atoms with E-state index >= 15 is 0 Å². The van der Waals surface area contributed by atoms with Crippen molar-refractivity contribution in [1.82, 2.24) is 25.1 Å². The molecule has 0 saturated carbocycles. The summed E-state index contributed by atoms with van der Waals surface area (Å²) in [5.74, 6) is 0.308. The maximum absolute atomic E-state index is 12.9. The molecule has 1 atom stereocenters. The Kier molecular flexibility index (Phi) is 3.21. The molecule has 0 spiro atoms. The SMILES string of the molecule is Nc1ncnc2c1c([S+]([O-])c1ccccc1)nn2C1CNC1. The zero-order chi connectivity index (χ0) is 15.1. The lowest BCUT2D eigenvalue weighted by molar-refractivity contribution is 0.321. The van der Waals surface area contributed by atoms with Gasteiger partial charge >= 0.3 is 0 Å². The lowest BCUT2D eigenvalue weighted by atomic mass is 10.2. The number of hydrogen-bond donors (Lipinski definition) is 2. The second-order valence-corrected chi connectivity index (χ2v) is 6.50. The van der Waals surface area contributed by atoms with Crippen LogP contribution in [0.2, 0.25) is 0 Å². The van der Waals surface area contributed by atoms with Gasteiger partial charge in [-0.1, -0.05) is 18.2 Å². The van der Waals surface area contributed by atoms with Crippen LogP contribution in [0.25, 0.3) is 11.0 Å². The van der Waals surface area contributed by atoms with Crippen LogP contribution in [0.1, 0.15) is 6.04 Å². The van der Waals surface area contributed by atoms with Crippen molar-refractivity contribution < 1.29 is 4.55 Å². The van der Waals surface area contributed by atoms with Gasteiger partial charge in [0.1, 0.15) is 17.5 Å². The Bertz CT molecular complexity index is 817. The molecule has 1 aromatic carbocycles. The molecule has 3 N–H and O–H groups in total. The monoisotopic (exact) mass is 314 g/mol. The van der Waals surface area contributed by atoms with E-state index in [0.717, 1.165) is 13.1 Å². The summed E-state index contributed by atoms with van der Waals surface area (Å²) >= 11 is -1.42. The van der Waals surface area contributed by atoms with Gasteiger partial charge < -0.3 is 15.6 Å². The molecule has 0 radical (unpaired) electrons. The van der Waals surface area contributed by atoms with Crippen LogP contribution in [0.4, 0.5) is 5.82 Å². The molecule has 0 aliphatic carbocycles. The molecule has 3 heterocycles. The first-order valence-electron chi connectivity index (χ1n) is 6.92. The highest BCUT2D eigenvalue weighted by Gasteiger charge is 2.31. The van der Waals surface area contributed by atoms with E-state index in [-0.39, 0.29) is 6.04 Å². The van der Waals surface area contributed by atoms with E-state index in [1.807, 2.05) is 30.3 Å². The van der Waals surface area contributed by atoms with E-state index in [4.69, 9.17) is 5.73 Å². The molecule has 2 aromatic heterocycles. The summed E-state index contributed by atoms with van der Waals surface area (Å²) in [6.45, 7) is 1.64. The summed E-state index contributed by atoms with van der Waals surface area (Å²) in [6.07, 6.45) is 1.41. The first kappa shape index (κ1) is 13.5. The van der Waals surface area contributed by atoms with Gasteiger partial charge in [0.25, 0.3) is 5.03 Å². The van der Waals surface area contributed by atoms with Crippen molar-refractivity contribution in [3.63, 3.8) is 0 Å². The summed E-state index contributed by atoms with van der Waals surface area (Å²) in [5, 5.41) is 8.74. The molecule has 1 unspecified atom stereocenters. The van der Waals surface area contributed by atoms with Crippen LogP contribution in [0.3, 0.4) is 0 Å². The third kappa shape index (κ3) is 2.04. The predicted octanol–water partition coefficient (Wildman–Crippen LogP) is 0.719. The number of fused-ring (bicyclic) bond motifs is 1. The predicted molar refractivity (Wildman–Crippen MR) is 82.8 cm³/mol. The summed E-state index contributed by atoms with van der Waals surface area (Å²) in [7, 11) is 0. The number of anilines is 1. The topological polar surface area (TPSA) is 105 Å². The molecule has 1 saturated heterocycles. The minimum atomic E-state index is -1.42. The van der Waals surface area contributed by atoms with Gasteiger partial charge in [0.05, 0.1) is 6.04 Å². The van der Waals surface area contributed by atoms with E-state index in [0.29, 0.717) is 26.8 Å². The van der Waals surface area contributed by atoms with Crippen molar-refractivity contribution >= 4 is 28.0 Å². The highest BCUT2D eigenvalue weighted by atomic mass is 32.2. The Morgan fingerprint density at radius 3 is 2.68 bits per heavy atom. The standard InChI is InChI=1S/C14H14N6OS/c15-12-11-13(18-8-17-12)20(9-6-16-7-9)19-14(11)22(21)10-4-2-1-3-5-10/h1-5,8-9,16H,6-7H2,(H2,15,17,18). The molecule has 3 aromatic rings. The van der Waals surface area contributed by atoms with Gasteiger partial charge in [0, 0.05) is 24.3 Å². The number of aromatic nitrogens is 4. The van der Waals surface area contributed by atoms with E-state index in [9.17, 15) is 4.55 Å². The van der Waals surface area contributed by atoms with Gasteiger partial charge in [-0.15, -0.1) is 5.10 Å². The van der Waals surface area contributed by atoms with Crippen LogP contribution in [-0.4, -0.2) is 37.4 Å². The van der Waals surface area contributed by atoms with Gasteiger partial charge in [-0.3, -0.25) is 0 Å². The van der Waals surface area contributed by atoms with Crippen molar-refractivity contribution in [3.8, 4) is 0 Å². The molecular formula is C14H14N6OS. The van der Waals surface area contributed by atoms with Crippen molar-refractivity contribution in [1.29, 1.82) is 0 Å². The molecular weight excluding hydrogens is 300 g/mol. The molecule has 1 aliphatic heterocycles. The second kappa shape index (κ2) is 5.24. The number of hydrogen-bond acceptors (Lipinski definition) is 6. The summed E-state index contributed by atoms with van der Waals surface area (Å²) in [4.78, 5) is 9.00. The van der Waals surface area contributed by atoms with Gasteiger partial charge in [0.15, 0.2) is 10.5 Å². The number of nitrogen functional groups attached to an aromatic ring is 1. The quantitative estimate of drug-likeness (QED) is 0.690. The first-order valence-corrected chi connectivity index (χ1v) is 8.07. The molecule has 22 heavy (non-hydrogen) atoms. The normalized spacial score (nSPS) is 16.6. The van der Waals surface area contributed by atoms with E-state index in [1.165, 1.54) is 6.33 Å². The first-order chi connectivity index (χ1) is 10.8. The van der Waals surface area contributed by atoms with E-state index in [2.05, 4.69) is 20.4 Å². The van der Waals surface area contributed by atoms with Crippen molar-refractivity contribution in [2.75, 3.05) is 18.8 Å². The van der Waals surface area contributed by atoms with E-state index in [1.54, 1.807) is 4.68 Å².